The van der Waals surface area contributed by atoms with Gasteiger partial charge in [-0.15, -0.1) is 0 Å². The molecule has 2 heterocycles. The van der Waals surface area contributed by atoms with Crippen molar-refractivity contribution in [2.75, 3.05) is 19.7 Å². The average molecular weight is 366 g/mol. The summed E-state index contributed by atoms with van der Waals surface area (Å²) < 4.78 is 5.53. The number of rotatable bonds is 4. The van der Waals surface area contributed by atoms with E-state index in [-0.39, 0.29) is 13.1 Å². The molecule has 2 aliphatic rings. The Morgan fingerprint density at radius 2 is 1.70 bits per heavy atom. The van der Waals surface area contributed by atoms with Crippen LogP contribution in [0.25, 0.3) is 0 Å². The molecule has 1 atom stereocenters. The molecule has 2 N–H and O–H groups in total. The van der Waals surface area contributed by atoms with Crippen LogP contribution in [0.3, 0.4) is 0 Å². The van der Waals surface area contributed by atoms with E-state index in [4.69, 9.17) is 4.74 Å². The van der Waals surface area contributed by atoms with Gasteiger partial charge in [0, 0.05) is 12.0 Å². The Morgan fingerprint density at radius 1 is 1.07 bits per heavy atom. The van der Waals surface area contributed by atoms with Crippen molar-refractivity contribution in [3.63, 3.8) is 0 Å². The summed E-state index contributed by atoms with van der Waals surface area (Å²) in [5.41, 5.74) is -0.0520. The molecule has 27 heavy (non-hydrogen) atoms. The van der Waals surface area contributed by atoms with Crippen LogP contribution in [0.4, 0.5) is 0 Å². The highest BCUT2D eigenvalue weighted by Crippen LogP contribution is 2.36. The van der Waals surface area contributed by atoms with Crippen LogP contribution >= 0.6 is 0 Å². The summed E-state index contributed by atoms with van der Waals surface area (Å²) in [6.07, 6.45) is 0.331. The van der Waals surface area contributed by atoms with Gasteiger partial charge in [-0.05, 0) is 18.2 Å². The Hall–Kier alpha value is -3.19. The second-order valence-corrected chi connectivity index (χ2v) is 6.64. The summed E-state index contributed by atoms with van der Waals surface area (Å²) in [5.74, 6) is -0.899. The third kappa shape index (κ3) is 2.96. The minimum atomic E-state index is -1.26. The first-order valence-electron chi connectivity index (χ1n) is 8.66. The zero-order valence-corrected chi connectivity index (χ0v) is 14.5. The number of nitrogens with one attached hydrogen (secondary N) is 1. The second kappa shape index (κ2) is 6.51. The molecular weight excluding hydrogens is 348 g/mol. The van der Waals surface area contributed by atoms with Gasteiger partial charge in [-0.2, -0.15) is 0 Å². The second-order valence-electron chi connectivity index (χ2n) is 6.64. The maximum atomic E-state index is 12.3. The molecule has 2 aromatic rings. The molecule has 0 radical (unpaired) electrons. The number of ether oxygens (including phenoxy) is 1. The maximum Gasteiger partial charge on any atom is 0.262 e. The zero-order valence-electron chi connectivity index (χ0n) is 14.5. The standard InChI is InChI=1S/C20H18N2O5/c23-17(11-22-18(24)13-5-1-2-6-14(13)19(22)25)21-12-20(26)9-10-27-16-8-4-3-7-15(16)20/h1-8,26H,9-12H2,(H,21,23). The smallest absolute Gasteiger partial charge is 0.262 e. The maximum absolute atomic E-state index is 12.3. The molecule has 0 aromatic heterocycles. The Labute approximate surface area is 155 Å². The van der Waals surface area contributed by atoms with E-state index < -0.39 is 23.3 Å². The lowest BCUT2D eigenvalue weighted by atomic mass is 9.88. The lowest BCUT2D eigenvalue weighted by Crippen LogP contribution is -2.47. The van der Waals surface area contributed by atoms with E-state index in [1.165, 1.54) is 0 Å². The highest BCUT2D eigenvalue weighted by atomic mass is 16.5. The Bertz CT molecular complexity index is 906. The molecule has 2 aliphatic heterocycles. The van der Waals surface area contributed by atoms with E-state index >= 15 is 0 Å². The first kappa shape index (κ1) is 17.2. The van der Waals surface area contributed by atoms with Crippen molar-refractivity contribution in [2.24, 2.45) is 0 Å². The number of hydrogen-bond donors (Lipinski definition) is 2. The molecule has 0 saturated carbocycles. The van der Waals surface area contributed by atoms with Crippen molar-refractivity contribution in [3.05, 3.63) is 65.2 Å². The number of nitrogens with zero attached hydrogens (tertiary/aromatic N) is 1. The van der Waals surface area contributed by atoms with Gasteiger partial charge in [0.25, 0.3) is 11.8 Å². The van der Waals surface area contributed by atoms with Gasteiger partial charge in [0.05, 0.1) is 24.3 Å². The Balaban J connectivity index is 1.43. The summed E-state index contributed by atoms with van der Waals surface area (Å²) in [4.78, 5) is 37.9. The SMILES string of the molecule is O=C(CN1C(=O)c2ccccc2C1=O)NCC1(O)CCOc2ccccc21. The molecule has 4 rings (SSSR count). The largest absolute Gasteiger partial charge is 0.493 e. The third-order valence-electron chi connectivity index (χ3n) is 4.92. The van der Waals surface area contributed by atoms with E-state index in [1.54, 1.807) is 42.5 Å². The first-order valence-corrected chi connectivity index (χ1v) is 8.66. The Kier molecular flexibility index (Phi) is 4.16. The van der Waals surface area contributed by atoms with E-state index in [1.807, 2.05) is 6.07 Å². The van der Waals surface area contributed by atoms with Crippen LogP contribution in [-0.4, -0.2) is 47.4 Å². The molecule has 1 unspecified atom stereocenters. The van der Waals surface area contributed by atoms with Gasteiger partial charge >= 0.3 is 0 Å². The summed E-state index contributed by atoms with van der Waals surface area (Å²) in [6.45, 7) is -0.0856. The highest BCUT2D eigenvalue weighted by Gasteiger charge is 2.38. The predicted molar refractivity (Wildman–Crippen MR) is 95.3 cm³/mol. The molecule has 0 spiro atoms. The number of carbonyl (C=O) groups is 3. The number of benzene rings is 2. The van der Waals surface area contributed by atoms with Crippen LogP contribution in [0.15, 0.2) is 48.5 Å². The number of para-hydroxylation sites is 1. The number of hydrogen-bond acceptors (Lipinski definition) is 5. The fourth-order valence-corrected chi connectivity index (χ4v) is 3.45. The molecule has 0 bridgehead atoms. The molecule has 0 aliphatic carbocycles. The van der Waals surface area contributed by atoms with E-state index in [9.17, 15) is 19.5 Å². The van der Waals surface area contributed by atoms with Gasteiger partial charge in [0.1, 0.15) is 17.9 Å². The van der Waals surface area contributed by atoms with Crippen LogP contribution in [-0.2, 0) is 10.4 Å². The number of carbonyl (C=O) groups excluding carboxylic acids is 3. The van der Waals surface area contributed by atoms with Gasteiger partial charge in [0.2, 0.25) is 5.91 Å². The lowest BCUT2D eigenvalue weighted by Gasteiger charge is -2.34. The lowest BCUT2D eigenvalue weighted by molar-refractivity contribution is -0.123. The highest BCUT2D eigenvalue weighted by molar-refractivity contribution is 6.22. The molecule has 2 aromatic carbocycles. The number of fused-ring (bicyclic) bond motifs is 2. The van der Waals surface area contributed by atoms with Crippen molar-refractivity contribution in [1.82, 2.24) is 10.2 Å². The minimum absolute atomic E-state index is 0.0324. The quantitative estimate of drug-likeness (QED) is 0.789. The van der Waals surface area contributed by atoms with Gasteiger partial charge in [-0.3, -0.25) is 19.3 Å². The fourth-order valence-electron chi connectivity index (χ4n) is 3.45. The van der Waals surface area contributed by atoms with Crippen molar-refractivity contribution in [2.45, 2.75) is 12.0 Å². The van der Waals surface area contributed by atoms with Gasteiger partial charge in [-0.1, -0.05) is 30.3 Å². The van der Waals surface area contributed by atoms with E-state index in [0.29, 0.717) is 35.5 Å². The monoisotopic (exact) mass is 366 g/mol. The number of amides is 3. The summed E-state index contributed by atoms with van der Waals surface area (Å²) in [6, 6.07) is 13.6. The molecule has 7 nitrogen and oxygen atoms in total. The van der Waals surface area contributed by atoms with E-state index in [2.05, 4.69) is 5.32 Å². The van der Waals surface area contributed by atoms with Crippen molar-refractivity contribution in [3.8, 4) is 5.75 Å². The van der Waals surface area contributed by atoms with Crippen LogP contribution in [0.5, 0.6) is 5.75 Å². The van der Waals surface area contributed by atoms with Gasteiger partial charge in [-0.25, -0.2) is 0 Å². The molecule has 3 amide bonds. The molecular formula is C20H18N2O5. The third-order valence-corrected chi connectivity index (χ3v) is 4.92. The topological polar surface area (TPSA) is 95.9 Å². The van der Waals surface area contributed by atoms with Gasteiger partial charge < -0.3 is 15.2 Å². The van der Waals surface area contributed by atoms with Crippen LogP contribution in [0, 0.1) is 0 Å². The predicted octanol–water partition coefficient (Wildman–Crippen LogP) is 1.07. The van der Waals surface area contributed by atoms with E-state index in [0.717, 1.165) is 4.90 Å². The summed E-state index contributed by atoms with van der Waals surface area (Å²) >= 11 is 0. The minimum Gasteiger partial charge on any atom is -0.493 e. The fraction of sp³-hybridized carbons (Fsp3) is 0.250. The zero-order chi connectivity index (χ0) is 19.0. The van der Waals surface area contributed by atoms with Crippen molar-refractivity contribution in [1.29, 1.82) is 0 Å². The van der Waals surface area contributed by atoms with Gasteiger partial charge in [0.15, 0.2) is 0 Å². The molecule has 0 fully saturated rings. The van der Waals surface area contributed by atoms with Crippen LogP contribution in [0.1, 0.15) is 32.7 Å². The summed E-state index contributed by atoms with van der Waals surface area (Å²) in [7, 11) is 0. The number of imide groups is 1. The number of aliphatic hydroxyl groups is 1. The normalized spacial score (nSPS) is 20.7. The molecule has 138 valence electrons. The summed E-state index contributed by atoms with van der Waals surface area (Å²) in [5, 5.41) is 13.6. The first-order chi connectivity index (χ1) is 13.0. The molecule has 0 saturated heterocycles. The molecule has 7 heteroatoms. The van der Waals surface area contributed by atoms with Crippen LogP contribution in [0.2, 0.25) is 0 Å². The van der Waals surface area contributed by atoms with Crippen molar-refractivity contribution >= 4 is 17.7 Å². The van der Waals surface area contributed by atoms with Crippen LogP contribution < -0.4 is 10.1 Å². The average Bonchev–Trinajstić information content (AvgIpc) is 2.92. The van der Waals surface area contributed by atoms with Crippen molar-refractivity contribution < 1.29 is 24.2 Å². The Morgan fingerprint density at radius 3 is 2.41 bits per heavy atom.